The largest absolute Gasteiger partial charge is 0.350 e. The molecule has 6 rings (SSSR count). The molecule has 2 fully saturated rings. The molecule has 2 aromatic heterocycles. The Morgan fingerprint density at radius 3 is 2.74 bits per heavy atom. The van der Waals surface area contributed by atoms with Crippen LogP contribution in [0.15, 0.2) is 44.6 Å². The molecule has 0 aliphatic carbocycles. The first-order valence-electron chi connectivity index (χ1n) is 13.9. The lowest BCUT2D eigenvalue weighted by molar-refractivity contribution is -0.143. The fraction of sp³-hybridized carbons (Fsp3) is 0.444. The normalized spacial score (nSPS) is 20.5. The average Bonchev–Trinajstić information content (AvgIpc) is 3.73. The Kier molecular flexibility index (Phi) is 8.52. The van der Waals surface area contributed by atoms with E-state index in [2.05, 4.69) is 15.0 Å². The lowest BCUT2D eigenvalue weighted by Gasteiger charge is -2.34. The summed E-state index contributed by atoms with van der Waals surface area (Å²) in [7, 11) is -3.98. The Hall–Kier alpha value is -2.98. The molecule has 228 valence electrons. The van der Waals surface area contributed by atoms with Crippen LogP contribution < -0.4 is 15.6 Å². The van der Waals surface area contributed by atoms with Gasteiger partial charge in [-0.3, -0.25) is 23.7 Å². The fourth-order valence-electron chi connectivity index (χ4n) is 5.68. The number of thiophene rings is 1. The van der Waals surface area contributed by atoms with Crippen LogP contribution in [-0.2, 0) is 26.2 Å². The predicted octanol–water partition coefficient (Wildman–Crippen LogP) is 1.91. The molecule has 1 unspecified atom stereocenters. The number of nitrogens with one attached hydrogen (secondary N) is 2. The van der Waals surface area contributed by atoms with Crippen LogP contribution in [-0.4, -0.2) is 89.5 Å². The molecule has 2 atom stereocenters. The molecule has 0 radical (unpaired) electrons. The van der Waals surface area contributed by atoms with E-state index in [1.807, 2.05) is 0 Å². The van der Waals surface area contributed by atoms with Crippen LogP contribution in [0.1, 0.15) is 36.0 Å². The molecule has 43 heavy (non-hydrogen) atoms. The van der Waals surface area contributed by atoms with E-state index >= 15 is 0 Å². The van der Waals surface area contributed by atoms with Crippen molar-refractivity contribution in [2.24, 2.45) is 0 Å². The number of nitrogens with zero attached hydrogens (tertiary/aromatic N) is 4. The Labute approximate surface area is 260 Å². The van der Waals surface area contributed by atoms with Crippen LogP contribution in [0.2, 0.25) is 5.02 Å². The molecule has 0 bridgehead atoms. The number of fused-ring (bicyclic) bond motifs is 2. The number of halogens is 1. The number of carbonyl (C=O) groups excluding carboxylic acids is 3. The molecule has 1 aromatic carbocycles. The Bertz CT molecular complexity index is 1780. The number of carbonyl (C=O) groups is 3. The molecular weight excluding hydrogens is 636 g/mol. The summed E-state index contributed by atoms with van der Waals surface area (Å²) in [6.45, 7) is 1.31. The van der Waals surface area contributed by atoms with Crippen LogP contribution in [0.3, 0.4) is 0 Å². The number of amides is 3. The van der Waals surface area contributed by atoms with Gasteiger partial charge in [0.1, 0.15) is 15.8 Å². The summed E-state index contributed by atoms with van der Waals surface area (Å²) in [5.41, 5.74) is -0.411. The van der Waals surface area contributed by atoms with Crippen LogP contribution in [0, 0.1) is 0 Å². The van der Waals surface area contributed by atoms with E-state index in [1.54, 1.807) is 23.1 Å². The lowest BCUT2D eigenvalue weighted by atomic mass is 10.1. The van der Waals surface area contributed by atoms with E-state index in [4.69, 9.17) is 11.6 Å². The summed E-state index contributed by atoms with van der Waals surface area (Å²) in [5.74, 6) is -0.516. The maximum absolute atomic E-state index is 13.3. The van der Waals surface area contributed by atoms with Gasteiger partial charge in [0.2, 0.25) is 11.8 Å². The highest BCUT2D eigenvalue weighted by Crippen LogP contribution is 2.31. The van der Waals surface area contributed by atoms with Crippen LogP contribution in [0.4, 0.5) is 0 Å². The van der Waals surface area contributed by atoms with Gasteiger partial charge in [-0.1, -0.05) is 23.4 Å². The van der Waals surface area contributed by atoms with Gasteiger partial charge in [0.15, 0.2) is 5.16 Å². The molecule has 12 nitrogen and oxygen atoms in total. The maximum Gasteiger partial charge on any atom is 0.267 e. The van der Waals surface area contributed by atoms with Crippen molar-refractivity contribution < 1.29 is 22.8 Å². The number of rotatable bonds is 8. The molecule has 0 spiro atoms. The van der Waals surface area contributed by atoms with Crippen LogP contribution in [0.5, 0.6) is 0 Å². The molecule has 2 N–H and O–H groups in total. The molecule has 2 saturated heterocycles. The van der Waals surface area contributed by atoms with E-state index < -0.39 is 27.9 Å². The average molecular weight is 665 g/mol. The van der Waals surface area contributed by atoms with Crippen molar-refractivity contribution in [1.82, 2.24) is 29.4 Å². The molecule has 3 amide bonds. The minimum Gasteiger partial charge on any atom is -0.350 e. The summed E-state index contributed by atoms with van der Waals surface area (Å²) in [6.07, 6.45) is 3.57. The van der Waals surface area contributed by atoms with Gasteiger partial charge < -0.3 is 15.1 Å². The minimum absolute atomic E-state index is 0.0334. The zero-order chi connectivity index (χ0) is 30.3. The summed E-state index contributed by atoms with van der Waals surface area (Å²) >= 11 is 8.60. The lowest BCUT2D eigenvalue weighted by Crippen LogP contribution is -2.55. The standard InChI is InChI=1S/C27H29ClN6O6S3/c28-17-5-6-21-16(11-17)12-23(42-21)43(39,40)31-20-4-2-7-32(26(20)38)15-22(35)33-8-1-3-18(33)13-29-24(36)19-14-30-27-34(25(19)37)9-10-41-27/h5-6,11-12,14,18,20,31H,1-4,7-10,13,15H2,(H,29,36)/t18-,20?/m0/s1. The SMILES string of the molecule is O=C(NC[C@@H]1CCCN1C(=O)CN1CCCC(NS(=O)(=O)c2cc3cc(Cl)ccc3s2)C1=O)c1cnc2n(c1=O)CCS2. The van der Waals surface area contributed by atoms with Crippen molar-refractivity contribution in [2.45, 2.75) is 53.7 Å². The summed E-state index contributed by atoms with van der Waals surface area (Å²) < 4.78 is 31.2. The van der Waals surface area contributed by atoms with Crippen molar-refractivity contribution in [3.05, 3.63) is 51.4 Å². The van der Waals surface area contributed by atoms with Gasteiger partial charge in [0.05, 0.1) is 6.54 Å². The van der Waals surface area contributed by atoms with Crippen molar-refractivity contribution >= 4 is 72.5 Å². The van der Waals surface area contributed by atoms with E-state index in [-0.39, 0.29) is 40.4 Å². The summed E-state index contributed by atoms with van der Waals surface area (Å²) in [5, 5.41) is 4.57. The number of likely N-dealkylation sites (tertiary alicyclic amines) is 2. The van der Waals surface area contributed by atoms with Gasteiger partial charge in [-0.25, -0.2) is 13.4 Å². The minimum atomic E-state index is -3.98. The Balaban J connectivity index is 1.06. The van der Waals surface area contributed by atoms with Crippen LogP contribution in [0.25, 0.3) is 10.1 Å². The highest BCUT2D eigenvalue weighted by atomic mass is 35.5. The second-order valence-corrected chi connectivity index (χ2v) is 15.2. The number of thioether (sulfide) groups is 1. The zero-order valence-corrected chi connectivity index (χ0v) is 26.2. The molecule has 3 aliphatic heterocycles. The summed E-state index contributed by atoms with van der Waals surface area (Å²) in [6, 6.07) is 5.40. The number of hydrogen-bond acceptors (Lipinski definition) is 9. The Morgan fingerprint density at radius 1 is 1.09 bits per heavy atom. The number of piperidine rings is 1. The molecule has 0 saturated carbocycles. The van der Waals surface area contributed by atoms with Crippen LogP contribution >= 0.6 is 34.7 Å². The van der Waals surface area contributed by atoms with Gasteiger partial charge in [-0.2, -0.15) is 4.72 Å². The fourth-order valence-corrected chi connectivity index (χ4v) is 9.40. The third-order valence-electron chi connectivity index (χ3n) is 7.87. The van der Waals surface area contributed by atoms with Crippen molar-refractivity contribution in [3.8, 4) is 0 Å². The van der Waals surface area contributed by atoms with E-state index in [1.165, 1.54) is 33.5 Å². The molecular formula is C27H29ClN6O6S3. The number of hydrogen-bond donors (Lipinski definition) is 2. The monoisotopic (exact) mass is 664 g/mol. The third-order valence-corrected chi connectivity index (χ3v) is 12.1. The van der Waals surface area contributed by atoms with Gasteiger partial charge in [0, 0.05) is 53.9 Å². The highest BCUT2D eigenvalue weighted by Gasteiger charge is 2.36. The van der Waals surface area contributed by atoms with Crippen molar-refractivity contribution in [3.63, 3.8) is 0 Å². The zero-order valence-electron chi connectivity index (χ0n) is 23.0. The highest BCUT2D eigenvalue weighted by molar-refractivity contribution is 7.99. The maximum atomic E-state index is 13.3. The summed E-state index contributed by atoms with van der Waals surface area (Å²) in [4.78, 5) is 59.3. The van der Waals surface area contributed by atoms with Gasteiger partial charge in [-0.15, -0.1) is 11.3 Å². The van der Waals surface area contributed by atoms with Crippen molar-refractivity contribution in [2.75, 3.05) is 31.9 Å². The third kappa shape index (κ3) is 6.18. The topological polar surface area (TPSA) is 151 Å². The van der Waals surface area contributed by atoms with E-state index in [9.17, 15) is 27.6 Å². The molecule has 5 heterocycles. The molecule has 16 heteroatoms. The first-order chi connectivity index (χ1) is 20.6. The molecule has 3 aromatic rings. The quantitative estimate of drug-likeness (QED) is 0.347. The molecule has 3 aliphatic rings. The van der Waals surface area contributed by atoms with Gasteiger partial charge in [0.25, 0.3) is 21.5 Å². The van der Waals surface area contributed by atoms with E-state index in [0.29, 0.717) is 54.5 Å². The van der Waals surface area contributed by atoms with E-state index in [0.717, 1.165) is 28.2 Å². The smallest absolute Gasteiger partial charge is 0.267 e. The number of sulfonamides is 1. The van der Waals surface area contributed by atoms with Gasteiger partial charge >= 0.3 is 0 Å². The Morgan fingerprint density at radius 2 is 1.91 bits per heavy atom. The first-order valence-corrected chi connectivity index (χ1v) is 17.6. The predicted molar refractivity (Wildman–Crippen MR) is 163 cm³/mol. The number of benzene rings is 1. The van der Waals surface area contributed by atoms with Gasteiger partial charge in [-0.05, 0) is 55.3 Å². The first kappa shape index (κ1) is 30.1. The van der Waals surface area contributed by atoms with Crippen molar-refractivity contribution in [1.29, 1.82) is 0 Å². The second-order valence-electron chi connectivity index (χ2n) is 10.7. The number of aromatic nitrogens is 2. The second kappa shape index (κ2) is 12.2.